The van der Waals surface area contributed by atoms with Gasteiger partial charge in [0, 0.05) is 24.1 Å². The molecule has 1 aromatic carbocycles. The maximum Gasteiger partial charge on any atom is 0.243 e. The first-order valence-corrected chi connectivity index (χ1v) is 6.16. The van der Waals surface area contributed by atoms with Gasteiger partial charge >= 0.3 is 0 Å². The van der Waals surface area contributed by atoms with E-state index in [9.17, 15) is 4.79 Å². The summed E-state index contributed by atoms with van der Waals surface area (Å²) in [4.78, 5) is 14.2. The lowest BCUT2D eigenvalue weighted by Gasteiger charge is -2.00. The zero-order chi connectivity index (χ0) is 14.2. The van der Waals surface area contributed by atoms with Crippen LogP contribution in [0.5, 0.6) is 11.5 Å². The van der Waals surface area contributed by atoms with Crippen LogP contribution >= 0.6 is 0 Å². The fourth-order valence-electron chi connectivity index (χ4n) is 1.65. The van der Waals surface area contributed by atoms with Crippen LogP contribution in [0.1, 0.15) is 12.0 Å². The Morgan fingerprint density at radius 1 is 1.45 bits per heavy atom. The molecule has 1 N–H and O–H groups in total. The first kappa shape index (κ1) is 13.8. The van der Waals surface area contributed by atoms with E-state index in [0.717, 1.165) is 5.56 Å². The molecular formula is C13H14N4O3. The van der Waals surface area contributed by atoms with E-state index in [4.69, 9.17) is 15.0 Å². The quantitative estimate of drug-likeness (QED) is 0.283. The first-order chi connectivity index (χ1) is 9.79. The van der Waals surface area contributed by atoms with Gasteiger partial charge in [-0.15, -0.1) is 0 Å². The number of carbonyl (C=O) groups is 1. The van der Waals surface area contributed by atoms with Gasteiger partial charge < -0.3 is 14.8 Å². The number of rotatable bonds is 6. The van der Waals surface area contributed by atoms with Crippen molar-refractivity contribution in [3.05, 3.63) is 40.3 Å². The summed E-state index contributed by atoms with van der Waals surface area (Å²) in [5.41, 5.74) is 8.95. The minimum absolute atomic E-state index is 0.191. The summed E-state index contributed by atoms with van der Waals surface area (Å²) in [5, 5.41) is 6.08. The SMILES string of the molecule is [N-]=[N+]=NCCCNC(=O)C=Cc1ccc2c(c1)OCO2. The lowest BCUT2D eigenvalue weighted by atomic mass is 10.2. The van der Waals surface area contributed by atoms with Gasteiger partial charge in [-0.05, 0) is 35.7 Å². The molecule has 2 rings (SSSR count). The lowest BCUT2D eigenvalue weighted by molar-refractivity contribution is -0.116. The van der Waals surface area contributed by atoms with Gasteiger partial charge in [0.05, 0.1) is 0 Å². The maximum atomic E-state index is 11.5. The number of fused-ring (bicyclic) bond motifs is 1. The number of ether oxygens (including phenoxy) is 2. The Morgan fingerprint density at radius 2 is 2.30 bits per heavy atom. The van der Waals surface area contributed by atoms with Gasteiger partial charge in [-0.25, -0.2) is 0 Å². The summed E-state index contributed by atoms with van der Waals surface area (Å²) < 4.78 is 10.5. The van der Waals surface area contributed by atoms with Crippen molar-refractivity contribution in [1.82, 2.24) is 5.32 Å². The van der Waals surface area contributed by atoms with E-state index < -0.39 is 0 Å². The van der Waals surface area contributed by atoms with Crippen LogP contribution in [0.2, 0.25) is 0 Å². The Bertz CT molecular complexity index is 565. The van der Waals surface area contributed by atoms with Gasteiger partial charge in [0.2, 0.25) is 12.7 Å². The van der Waals surface area contributed by atoms with Gasteiger partial charge in [-0.1, -0.05) is 11.2 Å². The van der Waals surface area contributed by atoms with Crippen molar-refractivity contribution in [3.63, 3.8) is 0 Å². The zero-order valence-corrected chi connectivity index (χ0v) is 10.8. The smallest absolute Gasteiger partial charge is 0.243 e. The molecule has 1 amide bonds. The highest BCUT2D eigenvalue weighted by molar-refractivity contribution is 5.91. The lowest BCUT2D eigenvalue weighted by Crippen LogP contribution is -2.22. The fraction of sp³-hybridized carbons (Fsp3) is 0.308. The third-order valence-corrected chi connectivity index (χ3v) is 2.62. The molecule has 0 radical (unpaired) electrons. The highest BCUT2D eigenvalue weighted by atomic mass is 16.7. The van der Waals surface area contributed by atoms with Crippen LogP contribution in [-0.4, -0.2) is 25.8 Å². The third kappa shape index (κ3) is 3.93. The van der Waals surface area contributed by atoms with E-state index in [1.165, 1.54) is 6.08 Å². The minimum atomic E-state index is -0.191. The Labute approximate surface area is 115 Å². The summed E-state index contributed by atoms with van der Waals surface area (Å²) in [6.07, 6.45) is 3.77. The Kier molecular flexibility index (Phi) is 4.86. The third-order valence-electron chi connectivity index (χ3n) is 2.62. The van der Waals surface area contributed by atoms with Crippen LogP contribution in [0.4, 0.5) is 0 Å². The Hall–Kier alpha value is -2.66. The van der Waals surface area contributed by atoms with E-state index in [1.54, 1.807) is 12.1 Å². The van der Waals surface area contributed by atoms with Crippen LogP contribution in [0.3, 0.4) is 0 Å². The second kappa shape index (κ2) is 7.06. The molecule has 0 atom stereocenters. The number of nitrogens with zero attached hydrogens (tertiary/aromatic N) is 3. The van der Waals surface area contributed by atoms with E-state index in [1.807, 2.05) is 12.1 Å². The average Bonchev–Trinajstić information content (AvgIpc) is 2.92. The summed E-state index contributed by atoms with van der Waals surface area (Å²) in [7, 11) is 0. The predicted octanol–water partition coefficient (Wildman–Crippen LogP) is 2.25. The van der Waals surface area contributed by atoms with Crippen molar-refractivity contribution in [1.29, 1.82) is 0 Å². The standard InChI is InChI=1S/C13H14N4O3/c14-17-16-7-1-6-15-13(18)5-3-10-2-4-11-12(8-10)20-9-19-11/h2-5,8H,1,6-7,9H2,(H,15,18). The van der Waals surface area contributed by atoms with Gasteiger partial charge in [0.1, 0.15) is 0 Å². The molecule has 0 saturated carbocycles. The second-order valence-corrected chi connectivity index (χ2v) is 4.05. The molecular weight excluding hydrogens is 260 g/mol. The highest BCUT2D eigenvalue weighted by Crippen LogP contribution is 2.32. The van der Waals surface area contributed by atoms with E-state index in [-0.39, 0.29) is 12.7 Å². The monoisotopic (exact) mass is 274 g/mol. The van der Waals surface area contributed by atoms with Crippen LogP contribution in [0.15, 0.2) is 29.4 Å². The Morgan fingerprint density at radius 3 is 3.15 bits per heavy atom. The molecule has 0 saturated heterocycles. The van der Waals surface area contributed by atoms with Gasteiger partial charge in [-0.2, -0.15) is 0 Å². The summed E-state index contributed by atoms with van der Waals surface area (Å²) in [6.45, 7) is 1.08. The van der Waals surface area contributed by atoms with Crippen LogP contribution in [0, 0.1) is 0 Å². The molecule has 7 heteroatoms. The largest absolute Gasteiger partial charge is 0.454 e. The molecule has 7 nitrogen and oxygen atoms in total. The number of carbonyl (C=O) groups excluding carboxylic acids is 1. The van der Waals surface area contributed by atoms with Crippen molar-refractivity contribution in [3.8, 4) is 11.5 Å². The fourth-order valence-corrected chi connectivity index (χ4v) is 1.65. The summed E-state index contributed by atoms with van der Waals surface area (Å²) in [6, 6.07) is 5.46. The van der Waals surface area contributed by atoms with Crippen molar-refractivity contribution < 1.29 is 14.3 Å². The molecule has 1 aliphatic heterocycles. The van der Waals surface area contributed by atoms with Gasteiger partial charge in [0.25, 0.3) is 0 Å². The number of nitrogens with one attached hydrogen (secondary N) is 1. The number of amides is 1. The normalized spacial score (nSPS) is 12.2. The van der Waals surface area contributed by atoms with Crippen LogP contribution in [-0.2, 0) is 4.79 Å². The van der Waals surface area contributed by atoms with Crippen molar-refractivity contribution in [2.75, 3.05) is 19.9 Å². The van der Waals surface area contributed by atoms with Crippen LogP contribution in [0.25, 0.3) is 16.5 Å². The summed E-state index contributed by atoms with van der Waals surface area (Å²) in [5.74, 6) is 1.20. The molecule has 0 fully saturated rings. The second-order valence-electron chi connectivity index (χ2n) is 4.05. The first-order valence-electron chi connectivity index (χ1n) is 6.16. The molecule has 104 valence electrons. The van der Waals surface area contributed by atoms with E-state index >= 15 is 0 Å². The number of azide groups is 1. The Balaban J connectivity index is 1.80. The highest BCUT2D eigenvalue weighted by Gasteiger charge is 2.12. The molecule has 1 heterocycles. The molecule has 1 aliphatic rings. The topological polar surface area (TPSA) is 96.3 Å². The van der Waals surface area contributed by atoms with E-state index in [2.05, 4.69) is 15.3 Å². The van der Waals surface area contributed by atoms with Crippen molar-refractivity contribution >= 4 is 12.0 Å². The number of benzene rings is 1. The van der Waals surface area contributed by atoms with Crippen molar-refractivity contribution in [2.24, 2.45) is 5.11 Å². The van der Waals surface area contributed by atoms with Crippen molar-refractivity contribution in [2.45, 2.75) is 6.42 Å². The van der Waals surface area contributed by atoms with Gasteiger partial charge in [0.15, 0.2) is 11.5 Å². The predicted molar refractivity (Wildman–Crippen MR) is 73.2 cm³/mol. The molecule has 0 spiro atoms. The molecule has 1 aromatic rings. The van der Waals surface area contributed by atoms with Gasteiger partial charge in [-0.3, -0.25) is 4.79 Å². The molecule has 0 aliphatic carbocycles. The number of hydrogen-bond donors (Lipinski definition) is 1. The number of hydrogen-bond acceptors (Lipinski definition) is 4. The molecule has 20 heavy (non-hydrogen) atoms. The minimum Gasteiger partial charge on any atom is -0.454 e. The summed E-state index contributed by atoms with van der Waals surface area (Å²) >= 11 is 0. The van der Waals surface area contributed by atoms with Crippen LogP contribution < -0.4 is 14.8 Å². The zero-order valence-electron chi connectivity index (χ0n) is 10.8. The van der Waals surface area contributed by atoms with E-state index in [0.29, 0.717) is 31.0 Å². The molecule has 0 unspecified atom stereocenters. The average molecular weight is 274 g/mol. The molecule has 0 bridgehead atoms. The molecule has 0 aromatic heterocycles. The maximum absolute atomic E-state index is 11.5.